The summed E-state index contributed by atoms with van der Waals surface area (Å²) in [6.07, 6.45) is 2.46. The van der Waals surface area contributed by atoms with Crippen LogP contribution in [0.5, 0.6) is 0 Å². The monoisotopic (exact) mass is 240 g/mol. The third-order valence-corrected chi connectivity index (χ3v) is 1.97. The van der Waals surface area contributed by atoms with Gasteiger partial charge in [0.05, 0.1) is 6.61 Å². The van der Waals surface area contributed by atoms with Gasteiger partial charge in [-0.25, -0.2) is 0 Å². The quantitative estimate of drug-likeness (QED) is 0.566. The number of carbonyl (C=O) groups is 1. The van der Waals surface area contributed by atoms with Crippen molar-refractivity contribution < 1.29 is 23.9 Å². The van der Waals surface area contributed by atoms with Crippen LogP contribution in [-0.2, 0) is 14.1 Å². The number of hydrogen-bond acceptors (Lipinski definition) is 3. The van der Waals surface area contributed by atoms with Gasteiger partial charge < -0.3 is 14.5 Å². The van der Waals surface area contributed by atoms with Crippen LogP contribution in [0.2, 0.25) is 0 Å². The molecule has 0 amide bonds. The van der Waals surface area contributed by atoms with Gasteiger partial charge in [-0.05, 0) is 6.42 Å². The summed E-state index contributed by atoms with van der Waals surface area (Å²) in [5, 5.41) is 0. The van der Waals surface area contributed by atoms with Crippen LogP contribution in [0.4, 0.5) is 0 Å². The SMILES string of the molecule is CCCC.CCCOC(=O)CP(=O)(O)O. The van der Waals surface area contributed by atoms with Gasteiger partial charge in [0.1, 0.15) is 6.16 Å². The lowest BCUT2D eigenvalue weighted by atomic mass is 10.4. The summed E-state index contributed by atoms with van der Waals surface area (Å²) in [7, 11) is -4.24. The van der Waals surface area contributed by atoms with Crippen LogP contribution in [0, 0.1) is 0 Å². The van der Waals surface area contributed by atoms with Crippen molar-refractivity contribution in [2.75, 3.05) is 12.8 Å². The fourth-order valence-corrected chi connectivity index (χ4v) is 0.857. The fraction of sp³-hybridized carbons (Fsp3) is 0.889. The van der Waals surface area contributed by atoms with Gasteiger partial charge in [-0.1, -0.05) is 33.6 Å². The molecule has 5 nitrogen and oxygen atoms in total. The zero-order valence-electron chi connectivity index (χ0n) is 9.60. The largest absolute Gasteiger partial charge is 0.465 e. The molecule has 0 aliphatic carbocycles. The second-order valence-electron chi connectivity index (χ2n) is 3.04. The second kappa shape index (κ2) is 10.1. The van der Waals surface area contributed by atoms with E-state index in [4.69, 9.17) is 9.79 Å². The Morgan fingerprint density at radius 1 is 1.13 bits per heavy atom. The van der Waals surface area contributed by atoms with E-state index in [0.717, 1.165) is 0 Å². The summed E-state index contributed by atoms with van der Waals surface area (Å²) in [6, 6.07) is 0. The minimum absolute atomic E-state index is 0.207. The summed E-state index contributed by atoms with van der Waals surface area (Å²) >= 11 is 0. The normalized spacial score (nSPS) is 10.2. The molecule has 0 saturated carbocycles. The Balaban J connectivity index is 0. The summed E-state index contributed by atoms with van der Waals surface area (Å²) in [5.74, 6) is -0.847. The van der Waals surface area contributed by atoms with Crippen LogP contribution in [0.15, 0.2) is 0 Å². The van der Waals surface area contributed by atoms with E-state index in [1.54, 1.807) is 6.92 Å². The van der Waals surface area contributed by atoms with E-state index in [0.29, 0.717) is 6.42 Å². The molecule has 15 heavy (non-hydrogen) atoms. The first-order valence-electron chi connectivity index (χ1n) is 5.07. The standard InChI is InChI=1S/C5H11O5P.C4H10/c1-2-3-10-5(6)4-11(7,8)9;1-3-4-2/h2-4H2,1H3,(H2,7,8,9);3-4H2,1-2H3. The van der Waals surface area contributed by atoms with Crippen LogP contribution >= 0.6 is 7.60 Å². The van der Waals surface area contributed by atoms with Gasteiger partial charge in [0.25, 0.3) is 0 Å². The minimum atomic E-state index is -4.24. The summed E-state index contributed by atoms with van der Waals surface area (Å²) < 4.78 is 14.6. The van der Waals surface area contributed by atoms with E-state index in [9.17, 15) is 9.36 Å². The number of unbranched alkanes of at least 4 members (excludes halogenated alkanes) is 1. The Morgan fingerprint density at radius 3 is 1.87 bits per heavy atom. The molecule has 0 atom stereocenters. The highest BCUT2D eigenvalue weighted by molar-refractivity contribution is 7.52. The van der Waals surface area contributed by atoms with Crippen molar-refractivity contribution in [3.63, 3.8) is 0 Å². The summed E-state index contributed by atoms with van der Waals surface area (Å²) in [6.45, 7) is 6.36. The molecule has 0 aromatic carbocycles. The number of rotatable bonds is 5. The molecule has 0 rings (SSSR count). The number of carbonyl (C=O) groups excluding carboxylic acids is 1. The highest BCUT2D eigenvalue weighted by atomic mass is 31.2. The molecule has 0 saturated heterocycles. The average molecular weight is 240 g/mol. The smallest absolute Gasteiger partial charge is 0.336 e. The van der Waals surface area contributed by atoms with E-state index >= 15 is 0 Å². The maximum Gasteiger partial charge on any atom is 0.336 e. The molecule has 0 aromatic heterocycles. The van der Waals surface area contributed by atoms with Crippen LogP contribution in [0.1, 0.15) is 40.0 Å². The molecule has 0 unspecified atom stereocenters. The van der Waals surface area contributed by atoms with E-state index in [-0.39, 0.29) is 6.61 Å². The van der Waals surface area contributed by atoms with Crippen molar-refractivity contribution in [3.05, 3.63) is 0 Å². The van der Waals surface area contributed by atoms with E-state index in [1.807, 2.05) is 0 Å². The van der Waals surface area contributed by atoms with Crippen LogP contribution in [0.3, 0.4) is 0 Å². The Hall–Kier alpha value is -0.380. The molecule has 2 N–H and O–H groups in total. The Bertz CT molecular complexity index is 197. The summed E-state index contributed by atoms with van der Waals surface area (Å²) in [5.41, 5.74) is 0. The predicted molar refractivity (Wildman–Crippen MR) is 58.7 cm³/mol. The first-order valence-corrected chi connectivity index (χ1v) is 6.87. The van der Waals surface area contributed by atoms with Crippen molar-refractivity contribution >= 4 is 13.6 Å². The molecule has 92 valence electrons. The topological polar surface area (TPSA) is 83.8 Å². The zero-order valence-corrected chi connectivity index (χ0v) is 10.5. The maximum atomic E-state index is 10.5. The summed E-state index contributed by atoms with van der Waals surface area (Å²) in [4.78, 5) is 27.1. The highest BCUT2D eigenvalue weighted by Crippen LogP contribution is 2.33. The van der Waals surface area contributed by atoms with Gasteiger partial charge in [-0.15, -0.1) is 0 Å². The fourth-order valence-electron chi connectivity index (χ4n) is 0.430. The second-order valence-corrected chi connectivity index (χ2v) is 4.69. The molecule has 0 spiro atoms. The number of hydrogen-bond donors (Lipinski definition) is 2. The lowest BCUT2D eigenvalue weighted by Gasteiger charge is -2.03. The van der Waals surface area contributed by atoms with Crippen molar-refractivity contribution in [3.8, 4) is 0 Å². The molecule has 0 aliphatic rings. The maximum absolute atomic E-state index is 10.5. The molecule has 0 heterocycles. The lowest BCUT2D eigenvalue weighted by Crippen LogP contribution is -2.10. The number of esters is 1. The van der Waals surface area contributed by atoms with E-state index < -0.39 is 19.7 Å². The van der Waals surface area contributed by atoms with Crippen LogP contribution < -0.4 is 0 Å². The molecule has 0 radical (unpaired) electrons. The molecule has 0 fully saturated rings. The third-order valence-electron chi connectivity index (χ3n) is 1.30. The Labute approximate surface area is 91.0 Å². The first-order chi connectivity index (χ1) is 6.87. The first kappa shape index (κ1) is 17.0. The molecular weight excluding hydrogens is 219 g/mol. The van der Waals surface area contributed by atoms with Crippen molar-refractivity contribution in [2.24, 2.45) is 0 Å². The third kappa shape index (κ3) is 19.9. The Morgan fingerprint density at radius 2 is 1.60 bits per heavy atom. The predicted octanol–water partition coefficient (Wildman–Crippen LogP) is 1.92. The molecule has 6 heteroatoms. The van der Waals surface area contributed by atoms with E-state index in [2.05, 4.69) is 18.6 Å². The Kier molecular flexibility index (Phi) is 11.5. The van der Waals surface area contributed by atoms with Crippen LogP contribution in [-0.4, -0.2) is 28.5 Å². The van der Waals surface area contributed by atoms with Crippen LogP contribution in [0.25, 0.3) is 0 Å². The molecule has 0 aliphatic heterocycles. The zero-order chi connectivity index (χ0) is 12.3. The van der Waals surface area contributed by atoms with Gasteiger partial charge >= 0.3 is 13.6 Å². The average Bonchev–Trinajstić information content (AvgIpc) is 2.12. The van der Waals surface area contributed by atoms with Crippen molar-refractivity contribution in [1.82, 2.24) is 0 Å². The lowest BCUT2D eigenvalue weighted by molar-refractivity contribution is -0.140. The van der Waals surface area contributed by atoms with E-state index in [1.165, 1.54) is 12.8 Å². The van der Waals surface area contributed by atoms with Gasteiger partial charge in [0, 0.05) is 0 Å². The molecular formula is C9H21O5P. The van der Waals surface area contributed by atoms with Gasteiger partial charge in [0.2, 0.25) is 0 Å². The van der Waals surface area contributed by atoms with Gasteiger partial charge in [0.15, 0.2) is 0 Å². The minimum Gasteiger partial charge on any atom is -0.465 e. The van der Waals surface area contributed by atoms with Gasteiger partial charge in [-0.3, -0.25) is 9.36 Å². The highest BCUT2D eigenvalue weighted by Gasteiger charge is 2.19. The van der Waals surface area contributed by atoms with Crippen molar-refractivity contribution in [2.45, 2.75) is 40.0 Å². The van der Waals surface area contributed by atoms with Gasteiger partial charge in [-0.2, -0.15) is 0 Å². The molecule has 0 aromatic rings. The van der Waals surface area contributed by atoms with Crippen molar-refractivity contribution in [1.29, 1.82) is 0 Å². The molecule has 0 bridgehead atoms. The number of ether oxygens (including phenoxy) is 1.